The van der Waals surface area contributed by atoms with Gasteiger partial charge >= 0.3 is 0 Å². The Labute approximate surface area is 78.0 Å². The zero-order valence-corrected chi connectivity index (χ0v) is 8.15. The molecule has 0 aromatic carbocycles. The zero-order valence-electron chi connectivity index (χ0n) is 8.15. The number of aliphatic hydroxyl groups is 1. The summed E-state index contributed by atoms with van der Waals surface area (Å²) >= 11 is 0. The molecule has 0 fully saturated rings. The summed E-state index contributed by atoms with van der Waals surface area (Å²) in [5.41, 5.74) is -0.393. The summed E-state index contributed by atoms with van der Waals surface area (Å²) in [6.07, 6.45) is 4.40. The maximum atomic E-state index is 9.43. The molecule has 1 aromatic heterocycles. The number of hydrogen-bond acceptors (Lipinski definition) is 4. The van der Waals surface area contributed by atoms with Crippen molar-refractivity contribution in [2.45, 2.75) is 32.4 Å². The Kier molecular flexibility index (Phi) is 2.83. The molecule has 0 saturated heterocycles. The maximum absolute atomic E-state index is 9.43. The van der Waals surface area contributed by atoms with Gasteiger partial charge in [-0.25, -0.2) is 4.98 Å². The van der Waals surface area contributed by atoms with Gasteiger partial charge in [0, 0.05) is 12.4 Å². The summed E-state index contributed by atoms with van der Waals surface area (Å²) in [6, 6.07) is 0. The van der Waals surface area contributed by atoms with E-state index in [0.29, 0.717) is 5.82 Å². The number of aromatic nitrogens is 2. The number of rotatable bonds is 3. The number of hydrogen-bond donors (Lipinski definition) is 2. The number of nitrogens with zero attached hydrogens (tertiary/aromatic N) is 2. The van der Waals surface area contributed by atoms with E-state index in [2.05, 4.69) is 15.3 Å². The standard InChI is InChI=1S/C9H15N3O/c1-7(13)9(2,3)12-8-6-10-4-5-11-8/h4-7,13H,1-3H3,(H,11,12). The fourth-order valence-electron chi connectivity index (χ4n) is 0.798. The molecule has 0 radical (unpaired) electrons. The number of aliphatic hydroxyl groups excluding tert-OH is 1. The van der Waals surface area contributed by atoms with E-state index in [1.54, 1.807) is 25.5 Å². The largest absolute Gasteiger partial charge is 0.391 e. The summed E-state index contributed by atoms with van der Waals surface area (Å²) in [5.74, 6) is 0.674. The minimum atomic E-state index is -0.450. The number of anilines is 1. The van der Waals surface area contributed by atoms with Gasteiger partial charge in [-0.15, -0.1) is 0 Å². The lowest BCUT2D eigenvalue weighted by Crippen LogP contribution is -2.42. The Bertz CT molecular complexity index is 259. The van der Waals surface area contributed by atoms with Gasteiger partial charge in [-0.1, -0.05) is 0 Å². The molecule has 0 bridgehead atoms. The highest BCUT2D eigenvalue weighted by molar-refractivity contribution is 5.34. The van der Waals surface area contributed by atoms with Crippen LogP contribution in [-0.2, 0) is 0 Å². The van der Waals surface area contributed by atoms with Crippen molar-refractivity contribution in [1.82, 2.24) is 9.97 Å². The molecule has 1 rings (SSSR count). The second kappa shape index (κ2) is 3.70. The monoisotopic (exact) mass is 181 g/mol. The van der Waals surface area contributed by atoms with Gasteiger partial charge in [-0.05, 0) is 20.8 Å². The molecule has 0 spiro atoms. The van der Waals surface area contributed by atoms with Crippen LogP contribution in [0, 0.1) is 0 Å². The highest BCUT2D eigenvalue weighted by atomic mass is 16.3. The Hall–Kier alpha value is -1.16. The lowest BCUT2D eigenvalue weighted by atomic mass is 9.99. The van der Waals surface area contributed by atoms with E-state index in [0.717, 1.165) is 0 Å². The van der Waals surface area contributed by atoms with Crippen molar-refractivity contribution >= 4 is 5.82 Å². The molecular weight excluding hydrogens is 166 g/mol. The van der Waals surface area contributed by atoms with Gasteiger partial charge in [0.25, 0.3) is 0 Å². The first-order valence-electron chi connectivity index (χ1n) is 4.24. The van der Waals surface area contributed by atoms with Crippen LogP contribution in [0.25, 0.3) is 0 Å². The van der Waals surface area contributed by atoms with E-state index >= 15 is 0 Å². The third kappa shape index (κ3) is 2.66. The van der Waals surface area contributed by atoms with E-state index in [1.165, 1.54) is 0 Å². The average Bonchev–Trinajstić information content (AvgIpc) is 2.05. The molecule has 13 heavy (non-hydrogen) atoms. The molecule has 0 saturated carbocycles. The molecule has 1 unspecified atom stereocenters. The van der Waals surface area contributed by atoms with Crippen LogP contribution in [0.5, 0.6) is 0 Å². The molecule has 0 aliphatic heterocycles. The van der Waals surface area contributed by atoms with E-state index in [1.807, 2.05) is 13.8 Å². The van der Waals surface area contributed by atoms with Gasteiger partial charge in [0.2, 0.25) is 0 Å². The highest BCUT2D eigenvalue weighted by Gasteiger charge is 2.23. The fourth-order valence-corrected chi connectivity index (χ4v) is 0.798. The predicted molar refractivity (Wildman–Crippen MR) is 51.4 cm³/mol. The highest BCUT2D eigenvalue weighted by Crippen LogP contribution is 2.14. The quantitative estimate of drug-likeness (QED) is 0.731. The van der Waals surface area contributed by atoms with Gasteiger partial charge in [-0.2, -0.15) is 0 Å². The van der Waals surface area contributed by atoms with Crippen molar-refractivity contribution in [2.75, 3.05) is 5.32 Å². The summed E-state index contributed by atoms with van der Waals surface area (Å²) in [7, 11) is 0. The topological polar surface area (TPSA) is 58.0 Å². The van der Waals surface area contributed by atoms with E-state index < -0.39 is 11.6 Å². The van der Waals surface area contributed by atoms with E-state index in [9.17, 15) is 5.11 Å². The van der Waals surface area contributed by atoms with Crippen LogP contribution in [0.3, 0.4) is 0 Å². The molecule has 0 aliphatic carbocycles. The lowest BCUT2D eigenvalue weighted by molar-refractivity contribution is 0.133. The molecule has 4 heteroatoms. The van der Waals surface area contributed by atoms with Crippen LogP contribution in [0.4, 0.5) is 5.82 Å². The lowest BCUT2D eigenvalue weighted by Gasteiger charge is -2.29. The van der Waals surface area contributed by atoms with Crippen LogP contribution >= 0.6 is 0 Å². The van der Waals surface area contributed by atoms with Crippen molar-refractivity contribution in [3.63, 3.8) is 0 Å². The van der Waals surface area contributed by atoms with Crippen molar-refractivity contribution < 1.29 is 5.11 Å². The first kappa shape index (κ1) is 9.92. The maximum Gasteiger partial charge on any atom is 0.144 e. The SMILES string of the molecule is CC(O)C(C)(C)Nc1cnccn1. The Balaban J connectivity index is 2.69. The Morgan fingerprint density at radius 1 is 1.46 bits per heavy atom. The second-order valence-corrected chi connectivity index (χ2v) is 3.61. The summed E-state index contributed by atoms with van der Waals surface area (Å²) in [4.78, 5) is 7.98. The fraction of sp³-hybridized carbons (Fsp3) is 0.556. The number of nitrogens with one attached hydrogen (secondary N) is 1. The van der Waals surface area contributed by atoms with Crippen LogP contribution in [0.2, 0.25) is 0 Å². The Morgan fingerprint density at radius 3 is 2.62 bits per heavy atom. The second-order valence-electron chi connectivity index (χ2n) is 3.61. The van der Waals surface area contributed by atoms with Gasteiger partial charge in [0.05, 0.1) is 17.8 Å². The third-order valence-electron chi connectivity index (χ3n) is 2.06. The zero-order chi connectivity index (χ0) is 9.90. The van der Waals surface area contributed by atoms with Crippen LogP contribution < -0.4 is 5.32 Å². The predicted octanol–water partition coefficient (Wildman–Crippen LogP) is 1.05. The van der Waals surface area contributed by atoms with Crippen molar-refractivity contribution in [3.8, 4) is 0 Å². The third-order valence-corrected chi connectivity index (χ3v) is 2.06. The van der Waals surface area contributed by atoms with Crippen molar-refractivity contribution in [1.29, 1.82) is 0 Å². The first-order valence-corrected chi connectivity index (χ1v) is 4.24. The van der Waals surface area contributed by atoms with E-state index in [-0.39, 0.29) is 0 Å². The van der Waals surface area contributed by atoms with Crippen LogP contribution in [0.15, 0.2) is 18.6 Å². The minimum Gasteiger partial charge on any atom is -0.391 e. The summed E-state index contributed by atoms with van der Waals surface area (Å²) in [6.45, 7) is 5.56. The molecule has 72 valence electrons. The van der Waals surface area contributed by atoms with Gasteiger partial charge in [-0.3, -0.25) is 4.98 Å². The summed E-state index contributed by atoms with van der Waals surface area (Å²) < 4.78 is 0. The molecule has 4 nitrogen and oxygen atoms in total. The van der Waals surface area contributed by atoms with E-state index in [4.69, 9.17) is 0 Å². The van der Waals surface area contributed by atoms with Gasteiger partial charge in [0.15, 0.2) is 0 Å². The molecule has 1 heterocycles. The molecule has 2 N–H and O–H groups in total. The van der Waals surface area contributed by atoms with Crippen molar-refractivity contribution in [2.24, 2.45) is 0 Å². The van der Waals surface area contributed by atoms with Crippen molar-refractivity contribution in [3.05, 3.63) is 18.6 Å². The van der Waals surface area contributed by atoms with Crippen LogP contribution in [-0.4, -0.2) is 26.7 Å². The minimum absolute atomic E-state index is 0.393. The average molecular weight is 181 g/mol. The van der Waals surface area contributed by atoms with Gasteiger partial charge < -0.3 is 10.4 Å². The smallest absolute Gasteiger partial charge is 0.144 e. The molecular formula is C9H15N3O. The molecule has 0 aliphatic rings. The van der Waals surface area contributed by atoms with Crippen LogP contribution in [0.1, 0.15) is 20.8 Å². The molecule has 0 amide bonds. The Morgan fingerprint density at radius 2 is 2.15 bits per heavy atom. The van der Waals surface area contributed by atoms with Gasteiger partial charge in [0.1, 0.15) is 5.82 Å². The normalized spacial score (nSPS) is 13.8. The summed E-state index contributed by atoms with van der Waals surface area (Å²) in [5, 5.41) is 12.5. The molecule has 1 aromatic rings. The first-order chi connectivity index (χ1) is 6.02. The molecule has 1 atom stereocenters.